The lowest BCUT2D eigenvalue weighted by Gasteiger charge is -2.60. The number of hydrogen-bond acceptors (Lipinski definition) is 7. The van der Waals surface area contributed by atoms with Gasteiger partial charge < -0.3 is 23.7 Å². The van der Waals surface area contributed by atoms with E-state index in [1.807, 2.05) is 30.3 Å². The minimum absolute atomic E-state index is 0.0698. The zero-order valence-electron chi connectivity index (χ0n) is 18.6. The Hall–Kier alpha value is -2.84. The fourth-order valence-electron chi connectivity index (χ4n) is 4.22. The monoisotopic (exact) mass is 431 g/mol. The third kappa shape index (κ3) is 3.59. The first-order valence-corrected chi connectivity index (χ1v) is 9.94. The molecule has 1 aliphatic carbocycles. The number of carbonyl (C=O) groups is 2. The number of ether oxygens (including phenoxy) is 5. The molecule has 0 bridgehead atoms. The predicted molar refractivity (Wildman–Crippen MR) is 112 cm³/mol. The summed E-state index contributed by atoms with van der Waals surface area (Å²) in [6.45, 7) is 7.49. The normalized spacial score (nSPS) is 30.0. The maximum absolute atomic E-state index is 13.5. The summed E-state index contributed by atoms with van der Waals surface area (Å²) in [5, 5.41) is 0. The predicted octanol–water partition coefficient (Wildman–Crippen LogP) is 3.53. The van der Waals surface area contributed by atoms with Gasteiger partial charge in [0.05, 0.1) is 7.11 Å². The van der Waals surface area contributed by atoms with Crippen LogP contribution in [0.5, 0.6) is 0 Å². The summed E-state index contributed by atoms with van der Waals surface area (Å²) in [6.07, 6.45) is 1.52. The van der Waals surface area contributed by atoms with E-state index < -0.39 is 29.1 Å². The maximum Gasteiger partial charge on any atom is 0.413 e. The van der Waals surface area contributed by atoms with Gasteiger partial charge in [-0.15, -0.1) is 0 Å². The summed E-state index contributed by atoms with van der Waals surface area (Å²) in [5.74, 6) is -1.57. The van der Waals surface area contributed by atoms with E-state index in [9.17, 15) is 9.59 Å². The van der Waals surface area contributed by atoms with Crippen LogP contribution in [-0.4, -0.2) is 55.3 Å². The molecule has 1 saturated heterocycles. The number of rotatable bonds is 5. The summed E-state index contributed by atoms with van der Waals surface area (Å²) in [6, 6.07) is 9.35. The lowest BCUT2D eigenvalue weighted by Crippen LogP contribution is -2.76. The van der Waals surface area contributed by atoms with Gasteiger partial charge in [0.15, 0.2) is 0 Å². The van der Waals surface area contributed by atoms with Crippen molar-refractivity contribution >= 4 is 12.1 Å². The molecule has 2 aliphatic rings. The minimum atomic E-state index is -1.39. The molecule has 1 aromatic rings. The van der Waals surface area contributed by atoms with Crippen LogP contribution in [0.4, 0.5) is 4.79 Å². The molecule has 0 unspecified atom stereocenters. The number of carbonyl (C=O) groups excluding carboxylic acids is 2. The molecular weight excluding hydrogens is 402 g/mol. The van der Waals surface area contributed by atoms with Crippen LogP contribution < -0.4 is 0 Å². The molecule has 8 nitrogen and oxygen atoms in total. The topological polar surface area (TPSA) is 83.5 Å². The van der Waals surface area contributed by atoms with Crippen molar-refractivity contribution in [3.8, 4) is 0 Å². The second-order valence-electron chi connectivity index (χ2n) is 7.87. The molecule has 3 rings (SSSR count). The molecule has 168 valence electrons. The van der Waals surface area contributed by atoms with E-state index in [1.54, 1.807) is 19.9 Å². The lowest BCUT2D eigenvalue weighted by atomic mass is 9.83. The molecule has 1 amide bonds. The smallest absolute Gasteiger partial charge is 0.413 e. The highest BCUT2D eigenvalue weighted by atomic mass is 16.7. The quantitative estimate of drug-likeness (QED) is 0.660. The molecule has 0 N–H and O–H groups in total. The Labute approximate surface area is 182 Å². The van der Waals surface area contributed by atoms with Crippen molar-refractivity contribution in [1.82, 2.24) is 4.90 Å². The zero-order chi connectivity index (χ0) is 22.9. The molecule has 8 heteroatoms. The van der Waals surface area contributed by atoms with Gasteiger partial charge in [0, 0.05) is 33.1 Å². The number of methoxy groups -OCH3 is 3. The van der Waals surface area contributed by atoms with Crippen LogP contribution in [0.15, 0.2) is 54.3 Å². The summed E-state index contributed by atoms with van der Waals surface area (Å²) in [5.41, 5.74) is -1.23. The second-order valence-corrected chi connectivity index (χ2v) is 7.87. The van der Waals surface area contributed by atoms with Crippen LogP contribution >= 0.6 is 0 Å². The van der Waals surface area contributed by atoms with Crippen molar-refractivity contribution < 1.29 is 33.3 Å². The Kier molecular flexibility index (Phi) is 6.16. The number of morpholine rings is 1. The van der Waals surface area contributed by atoms with E-state index in [2.05, 4.69) is 6.58 Å². The van der Waals surface area contributed by atoms with E-state index in [1.165, 1.54) is 26.2 Å². The van der Waals surface area contributed by atoms with Crippen molar-refractivity contribution in [3.05, 3.63) is 59.9 Å². The fourth-order valence-corrected chi connectivity index (χ4v) is 4.22. The average Bonchev–Trinajstić information content (AvgIpc) is 3.22. The summed E-state index contributed by atoms with van der Waals surface area (Å²) >= 11 is 0. The van der Waals surface area contributed by atoms with Gasteiger partial charge in [0.1, 0.15) is 17.9 Å². The fraction of sp³-hybridized carbons (Fsp3) is 0.478. The largest absolute Gasteiger partial charge is 0.466 e. The number of hydrogen-bond donors (Lipinski definition) is 0. The van der Waals surface area contributed by atoms with Crippen LogP contribution in [0.2, 0.25) is 0 Å². The van der Waals surface area contributed by atoms with Gasteiger partial charge in [-0.3, -0.25) is 4.90 Å². The maximum atomic E-state index is 13.5. The first-order valence-electron chi connectivity index (χ1n) is 9.94. The van der Waals surface area contributed by atoms with Gasteiger partial charge in [0.2, 0.25) is 5.72 Å². The van der Waals surface area contributed by atoms with Crippen LogP contribution in [-0.2, 0) is 35.1 Å². The number of benzene rings is 1. The molecule has 31 heavy (non-hydrogen) atoms. The molecule has 3 atom stereocenters. The molecule has 0 saturated carbocycles. The van der Waals surface area contributed by atoms with Gasteiger partial charge >= 0.3 is 12.1 Å². The van der Waals surface area contributed by atoms with Crippen molar-refractivity contribution in [2.45, 2.75) is 50.3 Å². The number of amides is 1. The SMILES string of the molecule is C=C1O[C@](C)(OC)[C@@](C)(OC)N(C(=O)OCc2ccccc2)[C@@]12CC=C(C(=O)OC)C2. The highest BCUT2D eigenvalue weighted by Gasteiger charge is 2.67. The highest BCUT2D eigenvalue weighted by Crippen LogP contribution is 2.53. The zero-order valence-corrected chi connectivity index (χ0v) is 18.6. The standard InChI is InChI=1S/C23H29NO7/c1-16-23(13-12-18(14-23)19(25)27-4)24(21(2,28-5)22(3,29-6)31-16)20(26)30-15-17-10-8-7-9-11-17/h7-12H,1,13-15H2,2-6H3/t21-,22+,23-/m1/s1. The van der Waals surface area contributed by atoms with E-state index >= 15 is 0 Å². The Morgan fingerprint density at radius 1 is 1.13 bits per heavy atom. The van der Waals surface area contributed by atoms with E-state index in [0.29, 0.717) is 5.57 Å². The van der Waals surface area contributed by atoms with Crippen molar-refractivity contribution in [2.24, 2.45) is 0 Å². The van der Waals surface area contributed by atoms with Gasteiger partial charge in [-0.25, -0.2) is 9.59 Å². The Bertz CT molecular complexity index is 898. The molecular formula is C23H29NO7. The number of nitrogens with zero attached hydrogens (tertiary/aromatic N) is 1. The van der Waals surface area contributed by atoms with E-state index in [0.717, 1.165) is 5.56 Å². The highest BCUT2D eigenvalue weighted by molar-refractivity contribution is 5.90. The second kappa shape index (κ2) is 8.36. The molecule has 1 spiro atoms. The Balaban J connectivity index is 2.01. The van der Waals surface area contributed by atoms with Crippen LogP contribution in [0.1, 0.15) is 32.3 Å². The minimum Gasteiger partial charge on any atom is -0.466 e. The van der Waals surface area contributed by atoms with Gasteiger partial charge in [-0.2, -0.15) is 0 Å². The first-order chi connectivity index (χ1) is 14.7. The van der Waals surface area contributed by atoms with Crippen molar-refractivity contribution in [3.63, 3.8) is 0 Å². The van der Waals surface area contributed by atoms with Crippen molar-refractivity contribution in [1.29, 1.82) is 0 Å². The summed E-state index contributed by atoms with van der Waals surface area (Å²) in [7, 11) is 4.24. The van der Waals surface area contributed by atoms with Crippen LogP contribution in [0.3, 0.4) is 0 Å². The average molecular weight is 431 g/mol. The Morgan fingerprint density at radius 3 is 2.39 bits per heavy atom. The van der Waals surface area contributed by atoms with Gasteiger partial charge in [-0.1, -0.05) is 43.0 Å². The molecule has 1 fully saturated rings. The van der Waals surface area contributed by atoms with Gasteiger partial charge in [0.25, 0.3) is 5.79 Å². The molecule has 0 aromatic heterocycles. The van der Waals surface area contributed by atoms with Crippen LogP contribution in [0.25, 0.3) is 0 Å². The summed E-state index contributed by atoms with van der Waals surface area (Å²) in [4.78, 5) is 27.2. The third-order valence-electron chi connectivity index (χ3n) is 6.33. The summed E-state index contributed by atoms with van der Waals surface area (Å²) < 4.78 is 28.1. The molecule has 1 aromatic carbocycles. The number of esters is 1. The lowest BCUT2D eigenvalue weighted by molar-refractivity contribution is -0.366. The molecule has 1 heterocycles. The van der Waals surface area contributed by atoms with Crippen molar-refractivity contribution in [2.75, 3.05) is 21.3 Å². The van der Waals surface area contributed by atoms with Crippen LogP contribution in [0, 0.1) is 0 Å². The Morgan fingerprint density at radius 2 is 1.81 bits per heavy atom. The van der Waals surface area contributed by atoms with E-state index in [-0.39, 0.29) is 25.2 Å². The molecule has 0 radical (unpaired) electrons. The third-order valence-corrected chi connectivity index (χ3v) is 6.33. The first kappa shape index (κ1) is 22.8. The molecule has 1 aliphatic heterocycles. The van der Waals surface area contributed by atoms with E-state index in [4.69, 9.17) is 23.7 Å². The van der Waals surface area contributed by atoms with Gasteiger partial charge in [-0.05, 0) is 18.9 Å².